The van der Waals surface area contributed by atoms with E-state index >= 15 is 0 Å². The Morgan fingerprint density at radius 1 is 1.15 bits per heavy atom. The lowest BCUT2D eigenvalue weighted by atomic mass is 9.98. The number of anilines is 1. The second-order valence-corrected chi connectivity index (χ2v) is 6.90. The zero-order valence-electron chi connectivity index (χ0n) is 13.9. The minimum atomic E-state index is -0.692. The molecule has 0 bridgehead atoms. The highest BCUT2D eigenvalue weighted by molar-refractivity contribution is 7.10. The number of ketones is 1. The molecule has 1 aromatic carbocycles. The van der Waals surface area contributed by atoms with Crippen LogP contribution in [0.3, 0.4) is 0 Å². The maximum atomic E-state index is 13.0. The maximum Gasteiger partial charge on any atom is 0.294 e. The average molecular weight is 365 g/mol. The van der Waals surface area contributed by atoms with E-state index in [2.05, 4.69) is 0 Å². The molecule has 0 spiro atoms. The van der Waals surface area contributed by atoms with Gasteiger partial charge in [-0.2, -0.15) is 0 Å². The number of carbonyl (C=O) groups is 2. The molecule has 1 aliphatic rings. The molecule has 3 heterocycles. The van der Waals surface area contributed by atoms with E-state index in [0.29, 0.717) is 5.69 Å². The zero-order chi connectivity index (χ0) is 18.3. The van der Waals surface area contributed by atoms with Gasteiger partial charge in [-0.15, -0.1) is 11.3 Å². The van der Waals surface area contributed by atoms with E-state index in [1.807, 2.05) is 36.6 Å². The number of amides is 1. The van der Waals surface area contributed by atoms with Crippen LogP contribution in [0.25, 0.3) is 0 Å². The summed E-state index contributed by atoms with van der Waals surface area (Å²) < 4.78 is 5.21. The number of hydrogen-bond acceptors (Lipinski definition) is 5. The molecule has 6 heteroatoms. The van der Waals surface area contributed by atoms with Gasteiger partial charge in [0.15, 0.2) is 11.5 Å². The van der Waals surface area contributed by atoms with Gasteiger partial charge in [0.25, 0.3) is 5.91 Å². The molecule has 130 valence electrons. The Labute approximate surface area is 153 Å². The largest absolute Gasteiger partial charge is 0.503 e. The first kappa shape index (κ1) is 16.4. The fraction of sp³-hybridized carbons (Fsp3) is 0.100. The molecular formula is C20H15NO4S. The number of rotatable bonds is 4. The fourth-order valence-corrected chi connectivity index (χ4v) is 4.17. The quantitative estimate of drug-likeness (QED) is 0.694. The molecule has 3 aromatic rings. The van der Waals surface area contributed by atoms with Crippen LogP contribution in [0.15, 0.2) is 75.9 Å². The van der Waals surface area contributed by atoms with Crippen molar-refractivity contribution < 1.29 is 19.1 Å². The van der Waals surface area contributed by atoms with E-state index in [1.54, 1.807) is 18.2 Å². The van der Waals surface area contributed by atoms with Crippen LogP contribution in [0, 0.1) is 6.92 Å². The van der Waals surface area contributed by atoms with Crippen molar-refractivity contribution in [2.45, 2.75) is 13.0 Å². The third-order valence-corrected chi connectivity index (χ3v) is 5.45. The number of hydrogen-bond donors (Lipinski definition) is 1. The average Bonchev–Trinajstić information content (AvgIpc) is 3.37. The second-order valence-electron chi connectivity index (χ2n) is 5.95. The van der Waals surface area contributed by atoms with Crippen LogP contribution in [0.2, 0.25) is 0 Å². The minimum Gasteiger partial charge on any atom is -0.503 e. The molecule has 0 saturated heterocycles. The Kier molecular flexibility index (Phi) is 3.97. The van der Waals surface area contributed by atoms with Crippen molar-refractivity contribution >= 4 is 28.7 Å². The van der Waals surface area contributed by atoms with Crippen molar-refractivity contribution in [2.24, 2.45) is 0 Å². The van der Waals surface area contributed by atoms with Crippen molar-refractivity contribution in [3.63, 3.8) is 0 Å². The summed E-state index contributed by atoms with van der Waals surface area (Å²) in [5, 5.41) is 12.5. The molecule has 1 N–H and O–H groups in total. The van der Waals surface area contributed by atoms with Crippen LogP contribution in [-0.2, 0) is 4.79 Å². The summed E-state index contributed by atoms with van der Waals surface area (Å²) in [6.07, 6.45) is 1.39. The van der Waals surface area contributed by atoms with Gasteiger partial charge < -0.3 is 9.52 Å². The van der Waals surface area contributed by atoms with Crippen molar-refractivity contribution in [3.05, 3.63) is 87.7 Å². The molecule has 0 radical (unpaired) electrons. The topological polar surface area (TPSA) is 70.7 Å². The minimum absolute atomic E-state index is 0.0411. The molecular weight excluding hydrogens is 350 g/mol. The molecule has 2 aromatic heterocycles. The number of carbonyl (C=O) groups excluding carboxylic acids is 2. The van der Waals surface area contributed by atoms with Gasteiger partial charge in [-0.05, 0) is 48.2 Å². The number of thiophene rings is 1. The van der Waals surface area contributed by atoms with Crippen LogP contribution in [-0.4, -0.2) is 16.8 Å². The Morgan fingerprint density at radius 2 is 1.92 bits per heavy atom. The van der Waals surface area contributed by atoms with Gasteiger partial charge >= 0.3 is 0 Å². The summed E-state index contributed by atoms with van der Waals surface area (Å²) in [6, 6.07) is 13.4. The van der Waals surface area contributed by atoms with Gasteiger partial charge in [-0.1, -0.05) is 18.2 Å². The zero-order valence-corrected chi connectivity index (χ0v) is 14.7. The first-order chi connectivity index (χ1) is 12.6. The van der Waals surface area contributed by atoms with E-state index in [4.69, 9.17) is 4.42 Å². The first-order valence-electron chi connectivity index (χ1n) is 8.03. The van der Waals surface area contributed by atoms with Gasteiger partial charge in [0.05, 0.1) is 11.8 Å². The number of aryl methyl sites for hydroxylation is 1. The van der Waals surface area contributed by atoms with Crippen molar-refractivity contribution in [1.82, 2.24) is 0 Å². The summed E-state index contributed by atoms with van der Waals surface area (Å²) in [6.45, 7) is 1.92. The summed E-state index contributed by atoms with van der Waals surface area (Å²) in [4.78, 5) is 28.1. The Bertz CT molecular complexity index is 1000. The SMILES string of the molecule is Cc1ccsc1C1C(C(=O)c2ccco2)=C(O)C(=O)N1c1ccccc1. The summed E-state index contributed by atoms with van der Waals surface area (Å²) >= 11 is 1.45. The van der Waals surface area contributed by atoms with E-state index in [0.717, 1.165) is 10.4 Å². The van der Waals surface area contributed by atoms with Crippen LogP contribution >= 0.6 is 11.3 Å². The van der Waals surface area contributed by atoms with E-state index in [-0.39, 0.29) is 11.3 Å². The first-order valence-corrected chi connectivity index (χ1v) is 8.91. The molecule has 4 rings (SSSR count). The Balaban J connectivity index is 1.90. The third-order valence-electron chi connectivity index (χ3n) is 4.38. The highest BCUT2D eigenvalue weighted by Crippen LogP contribution is 2.44. The molecule has 0 saturated carbocycles. The highest BCUT2D eigenvalue weighted by atomic mass is 32.1. The van der Waals surface area contributed by atoms with Crippen LogP contribution in [0.4, 0.5) is 5.69 Å². The van der Waals surface area contributed by atoms with E-state index in [9.17, 15) is 14.7 Å². The van der Waals surface area contributed by atoms with Crippen LogP contribution < -0.4 is 4.90 Å². The molecule has 5 nitrogen and oxygen atoms in total. The molecule has 1 unspecified atom stereocenters. The van der Waals surface area contributed by atoms with Crippen LogP contribution in [0.5, 0.6) is 0 Å². The predicted octanol–water partition coefficient (Wildman–Crippen LogP) is 4.43. The molecule has 1 aliphatic heterocycles. The van der Waals surface area contributed by atoms with Gasteiger partial charge in [0, 0.05) is 10.6 Å². The fourth-order valence-electron chi connectivity index (χ4n) is 3.15. The second kappa shape index (κ2) is 6.31. The monoisotopic (exact) mass is 365 g/mol. The summed E-state index contributed by atoms with van der Waals surface area (Å²) in [5.74, 6) is -1.53. The predicted molar refractivity (Wildman–Crippen MR) is 98.4 cm³/mol. The molecule has 26 heavy (non-hydrogen) atoms. The lowest BCUT2D eigenvalue weighted by Gasteiger charge is -2.26. The number of para-hydroxylation sites is 1. The maximum absolute atomic E-state index is 13.0. The van der Waals surface area contributed by atoms with Gasteiger partial charge in [-0.3, -0.25) is 14.5 Å². The number of furan rings is 1. The molecule has 0 fully saturated rings. The molecule has 0 aliphatic carbocycles. The van der Waals surface area contributed by atoms with Crippen molar-refractivity contribution in [2.75, 3.05) is 4.90 Å². The van der Waals surface area contributed by atoms with Crippen molar-refractivity contribution in [3.8, 4) is 0 Å². The number of Topliss-reactive ketones (excluding diaryl/α,β-unsaturated/α-hetero) is 1. The third kappa shape index (κ3) is 2.46. The molecule has 1 amide bonds. The van der Waals surface area contributed by atoms with Gasteiger partial charge in [-0.25, -0.2) is 0 Å². The van der Waals surface area contributed by atoms with Crippen molar-refractivity contribution in [1.29, 1.82) is 0 Å². The Hall–Kier alpha value is -3.12. The number of nitrogens with zero attached hydrogens (tertiary/aromatic N) is 1. The Morgan fingerprint density at radius 3 is 2.54 bits per heavy atom. The summed E-state index contributed by atoms with van der Waals surface area (Å²) in [5.41, 5.74) is 1.61. The normalized spacial score (nSPS) is 17.2. The van der Waals surface area contributed by atoms with Crippen LogP contribution in [0.1, 0.15) is 27.0 Å². The van der Waals surface area contributed by atoms with Gasteiger partial charge in [0.2, 0.25) is 5.78 Å². The number of benzene rings is 1. The molecule has 1 atom stereocenters. The number of aliphatic hydroxyl groups excluding tert-OH is 1. The van der Waals surface area contributed by atoms with E-state index < -0.39 is 23.5 Å². The lowest BCUT2D eigenvalue weighted by molar-refractivity contribution is -0.117. The standard InChI is InChI=1S/C20H15NO4S/c1-12-9-11-26-19(12)16-15(17(22)14-8-5-10-25-14)18(23)20(24)21(16)13-6-3-2-4-7-13/h2-11,16,23H,1H3. The number of aliphatic hydroxyl groups is 1. The highest BCUT2D eigenvalue weighted by Gasteiger charge is 2.46. The lowest BCUT2D eigenvalue weighted by Crippen LogP contribution is -2.30. The smallest absolute Gasteiger partial charge is 0.294 e. The van der Waals surface area contributed by atoms with Gasteiger partial charge in [0.1, 0.15) is 6.04 Å². The van der Waals surface area contributed by atoms with E-state index in [1.165, 1.54) is 28.6 Å². The summed E-state index contributed by atoms with van der Waals surface area (Å²) in [7, 11) is 0.